The minimum atomic E-state index is 0.448. The third-order valence-electron chi connectivity index (χ3n) is 4.56. The summed E-state index contributed by atoms with van der Waals surface area (Å²) in [5.74, 6) is 1.58. The predicted molar refractivity (Wildman–Crippen MR) is 91.6 cm³/mol. The molecule has 1 aliphatic heterocycles. The quantitative estimate of drug-likeness (QED) is 0.854. The van der Waals surface area contributed by atoms with E-state index in [4.69, 9.17) is 0 Å². The van der Waals surface area contributed by atoms with E-state index >= 15 is 0 Å². The molecular weight excluding hydrogens is 256 g/mol. The zero-order valence-electron chi connectivity index (χ0n) is 14.2. The molecular formula is C19H32N2. The molecule has 118 valence electrons. The molecule has 1 saturated heterocycles. The Hall–Kier alpha value is -0.860. The summed E-state index contributed by atoms with van der Waals surface area (Å²) in [6.45, 7) is 10.6. The van der Waals surface area contributed by atoms with Gasteiger partial charge in [0.1, 0.15) is 0 Å². The van der Waals surface area contributed by atoms with Crippen LogP contribution in [0, 0.1) is 11.8 Å². The van der Waals surface area contributed by atoms with Gasteiger partial charge in [0.15, 0.2) is 0 Å². The summed E-state index contributed by atoms with van der Waals surface area (Å²) in [4.78, 5) is 2.62. The second-order valence-corrected chi connectivity index (χ2v) is 7.19. The monoisotopic (exact) mass is 288 g/mol. The van der Waals surface area contributed by atoms with Gasteiger partial charge in [-0.25, -0.2) is 0 Å². The summed E-state index contributed by atoms with van der Waals surface area (Å²) in [5.41, 5.74) is 2.87. The van der Waals surface area contributed by atoms with Gasteiger partial charge < -0.3 is 10.2 Å². The molecule has 1 heterocycles. The van der Waals surface area contributed by atoms with E-state index in [0.29, 0.717) is 6.04 Å². The first-order valence-corrected chi connectivity index (χ1v) is 8.57. The van der Waals surface area contributed by atoms with Crippen molar-refractivity contribution in [2.75, 3.05) is 26.7 Å². The maximum Gasteiger partial charge on any atom is 0.0446 e. The van der Waals surface area contributed by atoms with Crippen LogP contribution in [0.4, 0.5) is 0 Å². The van der Waals surface area contributed by atoms with Crippen LogP contribution in [-0.4, -0.2) is 31.6 Å². The van der Waals surface area contributed by atoms with Gasteiger partial charge in [0.25, 0.3) is 0 Å². The number of piperidine rings is 1. The summed E-state index contributed by atoms with van der Waals surface area (Å²) in [7, 11) is 2.08. The Bertz CT molecular complexity index is 410. The Labute approximate surface area is 130 Å². The van der Waals surface area contributed by atoms with Crippen molar-refractivity contribution in [2.45, 2.75) is 46.1 Å². The van der Waals surface area contributed by atoms with Gasteiger partial charge in [0.05, 0.1) is 0 Å². The van der Waals surface area contributed by atoms with E-state index in [1.165, 1.54) is 43.5 Å². The van der Waals surface area contributed by atoms with Gasteiger partial charge in [-0.2, -0.15) is 0 Å². The Morgan fingerprint density at radius 1 is 1.24 bits per heavy atom. The maximum absolute atomic E-state index is 3.50. The highest BCUT2D eigenvalue weighted by Gasteiger charge is 2.20. The smallest absolute Gasteiger partial charge is 0.0446 e. The van der Waals surface area contributed by atoms with Crippen molar-refractivity contribution >= 4 is 0 Å². The zero-order valence-corrected chi connectivity index (χ0v) is 14.2. The largest absolute Gasteiger partial charge is 0.312 e. The molecule has 0 aliphatic carbocycles. The standard InChI is InChI=1S/C19H32N2/c1-15(2)12-17-7-9-18(10-8-17)19(20-4)14-21-11-5-6-16(3)13-21/h7-10,15-16,19-20H,5-6,11-14H2,1-4H3. The molecule has 0 saturated carbocycles. The number of nitrogens with zero attached hydrogens (tertiary/aromatic N) is 1. The summed E-state index contributed by atoms with van der Waals surface area (Å²) < 4.78 is 0. The first-order valence-electron chi connectivity index (χ1n) is 8.57. The van der Waals surface area contributed by atoms with Gasteiger partial charge in [-0.05, 0) is 55.8 Å². The van der Waals surface area contributed by atoms with Crippen molar-refractivity contribution in [1.82, 2.24) is 10.2 Å². The second-order valence-electron chi connectivity index (χ2n) is 7.19. The average Bonchev–Trinajstić information content (AvgIpc) is 2.45. The van der Waals surface area contributed by atoms with Crippen LogP contribution in [0.25, 0.3) is 0 Å². The number of likely N-dealkylation sites (tertiary alicyclic amines) is 1. The van der Waals surface area contributed by atoms with Gasteiger partial charge in [-0.3, -0.25) is 0 Å². The van der Waals surface area contributed by atoms with Crippen LogP contribution in [0.5, 0.6) is 0 Å². The van der Waals surface area contributed by atoms with Crippen LogP contribution in [0.2, 0.25) is 0 Å². The van der Waals surface area contributed by atoms with Crippen molar-refractivity contribution < 1.29 is 0 Å². The van der Waals surface area contributed by atoms with E-state index in [-0.39, 0.29) is 0 Å². The normalized spacial score (nSPS) is 21.7. The summed E-state index contributed by atoms with van der Waals surface area (Å²) in [5, 5.41) is 3.50. The second kappa shape index (κ2) is 7.95. The topological polar surface area (TPSA) is 15.3 Å². The van der Waals surface area contributed by atoms with Crippen molar-refractivity contribution in [3.05, 3.63) is 35.4 Å². The summed E-state index contributed by atoms with van der Waals surface area (Å²) >= 11 is 0. The lowest BCUT2D eigenvalue weighted by Gasteiger charge is -2.33. The Morgan fingerprint density at radius 3 is 2.52 bits per heavy atom. The maximum atomic E-state index is 3.50. The number of benzene rings is 1. The Kier molecular flexibility index (Phi) is 6.25. The van der Waals surface area contributed by atoms with Gasteiger partial charge in [0, 0.05) is 19.1 Å². The van der Waals surface area contributed by atoms with E-state index < -0.39 is 0 Å². The van der Waals surface area contributed by atoms with Crippen LogP contribution in [0.3, 0.4) is 0 Å². The summed E-state index contributed by atoms with van der Waals surface area (Å²) in [6.07, 6.45) is 3.92. The lowest BCUT2D eigenvalue weighted by molar-refractivity contribution is 0.169. The van der Waals surface area contributed by atoms with E-state index in [1.54, 1.807) is 0 Å². The molecule has 2 atom stereocenters. The fraction of sp³-hybridized carbons (Fsp3) is 0.684. The molecule has 0 amide bonds. The molecule has 0 bridgehead atoms. The number of likely N-dealkylation sites (N-methyl/N-ethyl adjacent to an activating group) is 1. The molecule has 2 nitrogen and oxygen atoms in total. The minimum absolute atomic E-state index is 0.448. The highest BCUT2D eigenvalue weighted by molar-refractivity contribution is 5.25. The molecule has 1 aliphatic rings. The van der Waals surface area contributed by atoms with E-state index in [9.17, 15) is 0 Å². The minimum Gasteiger partial charge on any atom is -0.312 e. The van der Waals surface area contributed by atoms with Gasteiger partial charge in [-0.15, -0.1) is 0 Å². The number of rotatable bonds is 6. The number of hydrogen-bond acceptors (Lipinski definition) is 2. The SMILES string of the molecule is CNC(CN1CCCC(C)C1)c1ccc(CC(C)C)cc1. The highest BCUT2D eigenvalue weighted by atomic mass is 15.2. The fourth-order valence-electron chi connectivity index (χ4n) is 3.43. The van der Waals surface area contributed by atoms with Gasteiger partial charge in [0.2, 0.25) is 0 Å². The van der Waals surface area contributed by atoms with Gasteiger partial charge >= 0.3 is 0 Å². The van der Waals surface area contributed by atoms with Crippen LogP contribution in [0.1, 0.15) is 50.8 Å². The van der Waals surface area contributed by atoms with E-state index in [1.807, 2.05) is 0 Å². The lowest BCUT2D eigenvalue weighted by atomic mass is 9.97. The van der Waals surface area contributed by atoms with Crippen molar-refractivity contribution in [3.8, 4) is 0 Å². The zero-order chi connectivity index (χ0) is 15.2. The van der Waals surface area contributed by atoms with Crippen LogP contribution in [0.15, 0.2) is 24.3 Å². The first-order chi connectivity index (χ1) is 10.1. The molecule has 1 aromatic carbocycles. The first kappa shape index (κ1) is 16.5. The van der Waals surface area contributed by atoms with E-state index in [2.05, 4.69) is 62.3 Å². The summed E-state index contributed by atoms with van der Waals surface area (Å²) in [6, 6.07) is 9.68. The molecule has 0 aromatic heterocycles. The molecule has 0 radical (unpaired) electrons. The molecule has 2 heteroatoms. The van der Waals surface area contributed by atoms with Crippen molar-refractivity contribution in [3.63, 3.8) is 0 Å². The van der Waals surface area contributed by atoms with E-state index in [0.717, 1.165) is 18.4 Å². The third-order valence-corrected chi connectivity index (χ3v) is 4.56. The third kappa shape index (κ3) is 5.12. The molecule has 21 heavy (non-hydrogen) atoms. The highest BCUT2D eigenvalue weighted by Crippen LogP contribution is 2.21. The molecule has 2 unspecified atom stereocenters. The predicted octanol–water partition coefficient (Wildman–Crippen LogP) is 3.88. The average molecular weight is 288 g/mol. The molecule has 1 fully saturated rings. The van der Waals surface area contributed by atoms with Gasteiger partial charge in [-0.1, -0.05) is 45.0 Å². The molecule has 1 N–H and O–H groups in total. The van der Waals surface area contributed by atoms with Crippen molar-refractivity contribution in [2.24, 2.45) is 11.8 Å². The van der Waals surface area contributed by atoms with Crippen LogP contribution in [-0.2, 0) is 6.42 Å². The Balaban J connectivity index is 1.96. The van der Waals surface area contributed by atoms with Crippen LogP contribution >= 0.6 is 0 Å². The molecule has 0 spiro atoms. The Morgan fingerprint density at radius 2 is 1.95 bits per heavy atom. The number of nitrogens with one attached hydrogen (secondary N) is 1. The number of hydrogen-bond donors (Lipinski definition) is 1. The van der Waals surface area contributed by atoms with Crippen molar-refractivity contribution in [1.29, 1.82) is 0 Å². The molecule has 2 rings (SSSR count). The van der Waals surface area contributed by atoms with Crippen LogP contribution < -0.4 is 5.32 Å². The molecule has 1 aromatic rings. The lowest BCUT2D eigenvalue weighted by Crippen LogP contribution is -2.39. The fourth-order valence-corrected chi connectivity index (χ4v) is 3.43.